The lowest BCUT2D eigenvalue weighted by Crippen LogP contribution is -2.46. The molecule has 0 radical (unpaired) electrons. The van der Waals surface area contributed by atoms with Crippen molar-refractivity contribution in [1.82, 2.24) is 10.2 Å². The Labute approximate surface area is 126 Å². The summed E-state index contributed by atoms with van der Waals surface area (Å²) >= 11 is 0. The lowest BCUT2D eigenvalue weighted by molar-refractivity contribution is 0.108. The summed E-state index contributed by atoms with van der Waals surface area (Å²) in [6.07, 6.45) is 0. The highest BCUT2D eigenvalue weighted by Crippen LogP contribution is 2.36. The Bertz CT molecular complexity index is 411. The number of aliphatic hydroxyl groups excluding tert-OH is 1. The Kier molecular flexibility index (Phi) is 7.09. The number of hydrogen-bond acceptors (Lipinski definition) is 5. The number of para-hydroxylation sites is 1. The van der Waals surface area contributed by atoms with Gasteiger partial charge in [-0.2, -0.15) is 0 Å². The molecule has 0 unspecified atom stereocenters. The number of nitrogens with one attached hydrogen (secondary N) is 1. The molecule has 1 fully saturated rings. The van der Waals surface area contributed by atoms with Crippen molar-refractivity contribution in [2.45, 2.75) is 13.0 Å². The summed E-state index contributed by atoms with van der Waals surface area (Å²) in [4.78, 5) is 2.18. The molecule has 5 nitrogen and oxygen atoms in total. The summed E-state index contributed by atoms with van der Waals surface area (Å²) in [7, 11) is 0. The van der Waals surface area contributed by atoms with Crippen LogP contribution >= 0.6 is 12.4 Å². The maximum Gasteiger partial charge on any atom is 0.162 e. The van der Waals surface area contributed by atoms with Crippen molar-refractivity contribution in [2.75, 3.05) is 39.4 Å². The SMILES string of the molecule is CCOc1cccc([C@@H](CO)N2CCNCC2)c1O.Cl. The van der Waals surface area contributed by atoms with E-state index in [2.05, 4.69) is 10.2 Å². The highest BCUT2D eigenvalue weighted by atomic mass is 35.5. The van der Waals surface area contributed by atoms with Crippen LogP contribution in [0.3, 0.4) is 0 Å². The molecule has 1 aromatic rings. The van der Waals surface area contributed by atoms with Crippen molar-refractivity contribution < 1.29 is 14.9 Å². The largest absolute Gasteiger partial charge is 0.504 e. The molecule has 1 aromatic carbocycles. The van der Waals surface area contributed by atoms with Gasteiger partial charge < -0.3 is 20.3 Å². The number of aromatic hydroxyl groups is 1. The smallest absolute Gasteiger partial charge is 0.162 e. The predicted molar refractivity (Wildman–Crippen MR) is 80.8 cm³/mol. The van der Waals surface area contributed by atoms with Gasteiger partial charge >= 0.3 is 0 Å². The molecule has 0 bridgehead atoms. The van der Waals surface area contributed by atoms with Crippen molar-refractivity contribution in [3.05, 3.63) is 23.8 Å². The van der Waals surface area contributed by atoms with E-state index in [1.807, 2.05) is 19.1 Å². The van der Waals surface area contributed by atoms with Crippen LogP contribution in [0.4, 0.5) is 0 Å². The summed E-state index contributed by atoms with van der Waals surface area (Å²) in [6, 6.07) is 5.27. The van der Waals surface area contributed by atoms with Crippen LogP contribution in [-0.2, 0) is 0 Å². The van der Waals surface area contributed by atoms with Gasteiger partial charge in [0.1, 0.15) is 0 Å². The first-order valence-corrected chi connectivity index (χ1v) is 6.78. The summed E-state index contributed by atoms with van der Waals surface area (Å²) in [5.41, 5.74) is 0.732. The first-order chi connectivity index (χ1) is 9.27. The molecule has 20 heavy (non-hydrogen) atoms. The number of piperazine rings is 1. The van der Waals surface area contributed by atoms with E-state index in [0.717, 1.165) is 31.7 Å². The number of aliphatic hydroxyl groups is 1. The Morgan fingerprint density at radius 3 is 2.65 bits per heavy atom. The van der Waals surface area contributed by atoms with Gasteiger partial charge in [0.05, 0.1) is 19.3 Å². The van der Waals surface area contributed by atoms with Crippen LogP contribution in [0.25, 0.3) is 0 Å². The fourth-order valence-electron chi connectivity index (χ4n) is 2.48. The molecular weight excluding hydrogens is 280 g/mol. The predicted octanol–water partition coefficient (Wildman–Crippen LogP) is 1.15. The third-order valence-electron chi connectivity index (χ3n) is 3.45. The van der Waals surface area contributed by atoms with Gasteiger partial charge in [0.2, 0.25) is 0 Å². The topological polar surface area (TPSA) is 65.0 Å². The molecule has 2 rings (SSSR count). The van der Waals surface area contributed by atoms with E-state index in [1.165, 1.54) is 0 Å². The molecule has 3 N–H and O–H groups in total. The van der Waals surface area contributed by atoms with Gasteiger partial charge in [-0.15, -0.1) is 12.4 Å². The van der Waals surface area contributed by atoms with E-state index in [9.17, 15) is 10.2 Å². The molecule has 0 aliphatic carbocycles. The average Bonchev–Trinajstić information content (AvgIpc) is 2.45. The van der Waals surface area contributed by atoms with Gasteiger partial charge in [-0.1, -0.05) is 12.1 Å². The van der Waals surface area contributed by atoms with Crippen LogP contribution in [0.15, 0.2) is 18.2 Å². The quantitative estimate of drug-likeness (QED) is 0.761. The summed E-state index contributed by atoms with van der Waals surface area (Å²) in [5.74, 6) is 0.621. The van der Waals surface area contributed by atoms with Crippen molar-refractivity contribution in [1.29, 1.82) is 0 Å². The number of phenolic OH excluding ortho intramolecular Hbond substituents is 1. The van der Waals surface area contributed by atoms with E-state index in [4.69, 9.17) is 4.74 Å². The van der Waals surface area contributed by atoms with Crippen LogP contribution in [0.2, 0.25) is 0 Å². The Morgan fingerprint density at radius 2 is 2.05 bits per heavy atom. The molecule has 6 heteroatoms. The van der Waals surface area contributed by atoms with Gasteiger partial charge in [-0.25, -0.2) is 0 Å². The van der Waals surface area contributed by atoms with Crippen LogP contribution in [0.1, 0.15) is 18.5 Å². The first-order valence-electron chi connectivity index (χ1n) is 6.78. The van der Waals surface area contributed by atoms with Crippen LogP contribution in [0, 0.1) is 0 Å². The highest BCUT2D eigenvalue weighted by molar-refractivity contribution is 5.85. The lowest BCUT2D eigenvalue weighted by atomic mass is 10.0. The minimum Gasteiger partial charge on any atom is -0.504 e. The number of halogens is 1. The second kappa shape index (κ2) is 8.32. The molecular formula is C14H23ClN2O3. The zero-order valence-corrected chi connectivity index (χ0v) is 12.5. The van der Waals surface area contributed by atoms with Crippen molar-refractivity contribution in [3.63, 3.8) is 0 Å². The van der Waals surface area contributed by atoms with Gasteiger partial charge in [-0.05, 0) is 13.0 Å². The number of hydrogen-bond donors (Lipinski definition) is 3. The number of benzene rings is 1. The summed E-state index contributed by atoms with van der Waals surface area (Å²) in [5, 5.41) is 23.2. The number of rotatable bonds is 5. The van der Waals surface area contributed by atoms with E-state index < -0.39 is 0 Å². The maximum atomic E-state index is 10.3. The zero-order valence-electron chi connectivity index (χ0n) is 11.7. The van der Waals surface area contributed by atoms with Gasteiger partial charge in [0, 0.05) is 31.7 Å². The fraction of sp³-hybridized carbons (Fsp3) is 0.571. The van der Waals surface area contributed by atoms with E-state index in [-0.39, 0.29) is 30.8 Å². The minimum absolute atomic E-state index is 0. The lowest BCUT2D eigenvalue weighted by Gasteiger charge is -2.34. The Morgan fingerprint density at radius 1 is 1.35 bits per heavy atom. The monoisotopic (exact) mass is 302 g/mol. The molecule has 1 heterocycles. The van der Waals surface area contributed by atoms with Crippen molar-refractivity contribution in [2.24, 2.45) is 0 Å². The Hall–Kier alpha value is -1.01. The third-order valence-corrected chi connectivity index (χ3v) is 3.45. The Balaban J connectivity index is 0.00000200. The van der Waals surface area contributed by atoms with Crippen LogP contribution in [0.5, 0.6) is 11.5 Å². The molecule has 1 aliphatic heterocycles. The molecule has 1 atom stereocenters. The molecule has 1 saturated heterocycles. The molecule has 0 spiro atoms. The minimum atomic E-state index is -0.178. The summed E-state index contributed by atoms with van der Waals surface area (Å²) < 4.78 is 5.40. The second-order valence-corrected chi connectivity index (χ2v) is 4.61. The molecule has 114 valence electrons. The molecule has 0 saturated carbocycles. The fourth-order valence-corrected chi connectivity index (χ4v) is 2.48. The number of nitrogens with zero attached hydrogens (tertiary/aromatic N) is 1. The zero-order chi connectivity index (χ0) is 13.7. The van der Waals surface area contributed by atoms with Gasteiger partial charge in [-0.3, -0.25) is 4.90 Å². The maximum absolute atomic E-state index is 10.3. The van der Waals surface area contributed by atoms with E-state index in [0.29, 0.717) is 12.4 Å². The van der Waals surface area contributed by atoms with E-state index >= 15 is 0 Å². The van der Waals surface area contributed by atoms with Crippen molar-refractivity contribution in [3.8, 4) is 11.5 Å². The van der Waals surface area contributed by atoms with E-state index in [1.54, 1.807) is 6.07 Å². The average molecular weight is 303 g/mol. The van der Waals surface area contributed by atoms with Gasteiger partial charge in [0.25, 0.3) is 0 Å². The number of ether oxygens (including phenoxy) is 1. The standard InChI is InChI=1S/C14H22N2O3.ClH/c1-2-19-13-5-3-4-11(14(13)18)12(10-17)16-8-6-15-7-9-16;/h3-5,12,15,17-18H,2,6-10H2,1H3;1H/t12-;/m1./s1. The second-order valence-electron chi connectivity index (χ2n) is 4.61. The van der Waals surface area contributed by atoms with Crippen LogP contribution < -0.4 is 10.1 Å². The highest BCUT2D eigenvalue weighted by Gasteiger charge is 2.24. The normalized spacial score (nSPS) is 17.3. The summed E-state index contributed by atoms with van der Waals surface area (Å²) in [6.45, 7) is 5.92. The first kappa shape index (κ1) is 17.0. The number of phenols is 1. The van der Waals surface area contributed by atoms with Gasteiger partial charge in [0.15, 0.2) is 11.5 Å². The molecule has 1 aliphatic rings. The van der Waals surface area contributed by atoms with Crippen LogP contribution in [-0.4, -0.2) is 54.5 Å². The molecule has 0 aromatic heterocycles. The van der Waals surface area contributed by atoms with Crippen molar-refractivity contribution >= 4 is 12.4 Å². The molecule has 0 amide bonds. The third kappa shape index (κ3) is 3.76.